The van der Waals surface area contributed by atoms with Gasteiger partial charge in [0.25, 0.3) is 0 Å². The Bertz CT molecular complexity index is 1820. The van der Waals surface area contributed by atoms with E-state index in [0.29, 0.717) is 0 Å². The fraction of sp³-hybridized carbons (Fsp3) is 0.750. The molecule has 0 heterocycles. The number of ether oxygens (including phenoxy) is 9. The summed E-state index contributed by atoms with van der Waals surface area (Å²) in [5.74, 6) is -9.72. The van der Waals surface area contributed by atoms with Gasteiger partial charge in [-0.05, 0) is 19.3 Å². The molecule has 0 bridgehead atoms. The van der Waals surface area contributed by atoms with Crippen LogP contribution in [0.5, 0.6) is 0 Å². The molecule has 0 aromatic carbocycles. The topological polar surface area (TPSA) is 371 Å². The van der Waals surface area contributed by atoms with Gasteiger partial charge in [-0.2, -0.15) is 0 Å². The van der Waals surface area contributed by atoms with Gasteiger partial charge in [-0.15, -0.1) is 0 Å². The van der Waals surface area contributed by atoms with Crippen molar-refractivity contribution in [1.29, 1.82) is 0 Å². The highest BCUT2D eigenvalue weighted by Gasteiger charge is 2.63. The standard InChI is InChI=1S/C36H57O30P3/c1-10-13-28(43)61-31-32(62-29(44)14-11-2)35(65-68(47,57-18-51-24(6)39)58-19-52-25(7)40)36(66-69(48,59-20-53-26(8)41)60-21-54-27(9)42)33(63-30(45)15-12-3)34(31)64-67(46,55-16-49-22(4)37)56-17-50-23(5)38/h31-36H,10-21H2,1-9H3/t31-,32+,33+,34-,35-,36-/m1/s1. The van der Waals surface area contributed by atoms with Gasteiger partial charge in [0, 0.05) is 60.8 Å². The number of phosphoric acid groups is 3. The van der Waals surface area contributed by atoms with Crippen molar-refractivity contribution < 1.29 is 140 Å². The van der Waals surface area contributed by atoms with Crippen LogP contribution < -0.4 is 0 Å². The van der Waals surface area contributed by atoms with E-state index in [0.717, 1.165) is 41.5 Å². The molecule has 396 valence electrons. The van der Waals surface area contributed by atoms with Gasteiger partial charge in [-0.3, -0.25) is 56.7 Å². The molecule has 1 rings (SSSR count). The van der Waals surface area contributed by atoms with Gasteiger partial charge in [0.1, 0.15) is 18.3 Å². The van der Waals surface area contributed by atoms with Crippen molar-refractivity contribution in [3.8, 4) is 0 Å². The smallest absolute Gasteiger partial charge is 0.456 e. The molecule has 0 saturated heterocycles. The second kappa shape index (κ2) is 31.7. The Kier molecular flexibility index (Phi) is 28.8. The van der Waals surface area contributed by atoms with Crippen molar-refractivity contribution in [3.05, 3.63) is 0 Å². The largest absolute Gasteiger partial charge is 0.481 e. The minimum atomic E-state index is -5.62. The van der Waals surface area contributed by atoms with Crippen LogP contribution in [-0.4, -0.2) is 131 Å². The molecule has 1 fully saturated rings. The lowest BCUT2D eigenvalue weighted by atomic mass is 9.84. The van der Waals surface area contributed by atoms with Crippen LogP contribution in [0.4, 0.5) is 0 Å². The number of carbonyl (C=O) groups excluding carboxylic acids is 9. The number of hydrogen-bond donors (Lipinski definition) is 0. The quantitative estimate of drug-likeness (QED) is 0.0390. The zero-order chi connectivity index (χ0) is 52.4. The van der Waals surface area contributed by atoms with Crippen LogP contribution in [0.3, 0.4) is 0 Å². The third-order valence-corrected chi connectivity index (χ3v) is 11.7. The average molecular weight is 1060 g/mol. The van der Waals surface area contributed by atoms with Gasteiger partial charge in [0.2, 0.25) is 40.8 Å². The summed E-state index contributed by atoms with van der Waals surface area (Å²) in [6.07, 6.45) is -16.4. The van der Waals surface area contributed by atoms with Gasteiger partial charge in [-0.25, -0.2) is 40.8 Å². The second-order valence-electron chi connectivity index (χ2n) is 13.5. The van der Waals surface area contributed by atoms with Gasteiger partial charge in [-0.1, -0.05) is 20.8 Å². The van der Waals surface area contributed by atoms with Gasteiger partial charge >= 0.3 is 77.2 Å². The molecule has 0 aliphatic heterocycles. The normalized spacial score (nSPS) is 19.3. The summed E-state index contributed by atoms with van der Waals surface area (Å²) in [7, 11) is -16.7. The van der Waals surface area contributed by atoms with Crippen molar-refractivity contribution >= 4 is 77.2 Å². The third kappa shape index (κ3) is 25.3. The van der Waals surface area contributed by atoms with E-state index in [9.17, 15) is 56.8 Å². The summed E-state index contributed by atoms with van der Waals surface area (Å²) in [4.78, 5) is 111. The van der Waals surface area contributed by atoms with Crippen LogP contribution in [0.15, 0.2) is 0 Å². The Hall–Kier alpha value is -4.44. The van der Waals surface area contributed by atoms with E-state index >= 15 is 0 Å². The Balaban J connectivity index is 4.68. The number of esters is 9. The zero-order valence-electron chi connectivity index (χ0n) is 39.0. The zero-order valence-corrected chi connectivity index (χ0v) is 41.7. The molecule has 6 atom stereocenters. The molecule has 1 saturated carbocycles. The van der Waals surface area contributed by atoms with E-state index in [-0.39, 0.29) is 19.3 Å². The van der Waals surface area contributed by atoms with Crippen LogP contribution in [0, 0.1) is 0 Å². The SMILES string of the molecule is CCCC(=O)O[C@@H]1[C@H](OC(=O)CCC)[C@@H](OP(=O)(OCOC(C)=O)OCOC(C)=O)[C@H](OP(=O)(OCOC(C)=O)OCOC(C)=O)[C@@H](OC(=O)CCC)[C@@H]1OP(=O)(OCOC(C)=O)OCOC(C)=O. The van der Waals surface area contributed by atoms with Crippen molar-refractivity contribution in [2.75, 3.05) is 40.8 Å². The highest BCUT2D eigenvalue weighted by atomic mass is 31.2. The van der Waals surface area contributed by atoms with Gasteiger partial charge in [0.15, 0.2) is 18.3 Å². The number of hydrogen-bond acceptors (Lipinski definition) is 30. The number of phosphoric ester groups is 3. The van der Waals surface area contributed by atoms with Crippen LogP contribution in [0.1, 0.15) is 101 Å². The summed E-state index contributed by atoms with van der Waals surface area (Å²) in [5.41, 5.74) is 0. The molecule has 69 heavy (non-hydrogen) atoms. The molecule has 0 spiro atoms. The van der Waals surface area contributed by atoms with Crippen molar-refractivity contribution in [3.63, 3.8) is 0 Å². The van der Waals surface area contributed by atoms with E-state index in [1.807, 2.05) is 0 Å². The maximum absolute atomic E-state index is 14.7. The monoisotopic (exact) mass is 1060 g/mol. The molecule has 1 aliphatic rings. The van der Waals surface area contributed by atoms with Gasteiger partial charge in [0.05, 0.1) is 0 Å². The van der Waals surface area contributed by atoms with Crippen molar-refractivity contribution in [2.24, 2.45) is 0 Å². The maximum atomic E-state index is 14.7. The van der Waals surface area contributed by atoms with Crippen LogP contribution in [0.2, 0.25) is 0 Å². The molecular weight excluding hydrogens is 1010 g/mol. The van der Waals surface area contributed by atoms with Crippen LogP contribution in [-0.2, 0) is 140 Å². The minimum Gasteiger partial charge on any atom is -0.456 e. The summed E-state index contributed by atoms with van der Waals surface area (Å²) in [5, 5.41) is 0. The molecule has 0 N–H and O–H groups in total. The third-order valence-electron chi connectivity index (χ3n) is 7.70. The Morgan fingerprint density at radius 3 is 0.667 bits per heavy atom. The van der Waals surface area contributed by atoms with Crippen LogP contribution >= 0.6 is 23.5 Å². The fourth-order valence-electron chi connectivity index (χ4n) is 4.91. The lowest BCUT2D eigenvalue weighted by molar-refractivity contribution is -0.244. The lowest BCUT2D eigenvalue weighted by Gasteiger charge is -2.48. The Morgan fingerprint density at radius 2 is 0.493 bits per heavy atom. The maximum Gasteiger partial charge on any atom is 0.481 e. The first kappa shape index (κ1) is 62.6. The van der Waals surface area contributed by atoms with E-state index in [1.165, 1.54) is 20.8 Å². The summed E-state index contributed by atoms with van der Waals surface area (Å²) >= 11 is 0. The molecular formula is C36H57O30P3. The lowest BCUT2D eigenvalue weighted by Crippen LogP contribution is -2.68. The molecule has 0 radical (unpaired) electrons. The van der Waals surface area contributed by atoms with Crippen molar-refractivity contribution in [1.82, 2.24) is 0 Å². The molecule has 1 aliphatic carbocycles. The first-order valence-electron chi connectivity index (χ1n) is 20.4. The Morgan fingerprint density at radius 1 is 0.319 bits per heavy atom. The molecule has 0 aromatic heterocycles. The van der Waals surface area contributed by atoms with E-state index in [4.69, 9.17) is 83.3 Å². The van der Waals surface area contributed by atoms with Gasteiger partial charge < -0.3 is 42.6 Å². The average Bonchev–Trinajstić information content (AvgIpc) is 3.21. The predicted octanol–water partition coefficient (Wildman–Crippen LogP) is 3.84. The second-order valence-corrected chi connectivity index (χ2v) is 18.3. The van der Waals surface area contributed by atoms with E-state index in [1.54, 1.807) is 0 Å². The van der Waals surface area contributed by atoms with E-state index < -0.39 is 174 Å². The molecule has 0 unspecified atom stereocenters. The van der Waals surface area contributed by atoms with E-state index in [2.05, 4.69) is 0 Å². The first-order valence-corrected chi connectivity index (χ1v) is 24.8. The molecule has 33 heteroatoms. The van der Waals surface area contributed by atoms with Crippen molar-refractivity contribution in [2.45, 2.75) is 137 Å². The molecule has 0 aromatic rings. The summed E-state index contributed by atoms with van der Waals surface area (Å²) in [6, 6.07) is 0. The molecule has 30 nitrogen and oxygen atoms in total. The highest BCUT2D eigenvalue weighted by Crippen LogP contribution is 2.59. The highest BCUT2D eigenvalue weighted by molar-refractivity contribution is 7.49. The molecule has 0 amide bonds. The summed E-state index contributed by atoms with van der Waals surface area (Å²) < 4.78 is 138. The Labute approximate surface area is 395 Å². The minimum absolute atomic E-state index is 0.0306. The number of carbonyl (C=O) groups is 9. The number of rotatable bonds is 33. The first-order chi connectivity index (χ1) is 32.3. The van der Waals surface area contributed by atoms with Crippen LogP contribution in [0.25, 0.3) is 0 Å². The summed E-state index contributed by atoms with van der Waals surface area (Å²) in [6.45, 7) is 2.40. The fourth-order valence-corrected chi connectivity index (χ4v) is 8.21. The predicted molar refractivity (Wildman–Crippen MR) is 218 cm³/mol.